The van der Waals surface area contributed by atoms with Crippen molar-refractivity contribution in [2.45, 2.75) is 32.1 Å². The highest BCUT2D eigenvalue weighted by Crippen LogP contribution is 2.25. The summed E-state index contributed by atoms with van der Waals surface area (Å²) in [5.41, 5.74) is 0.739. The van der Waals surface area contributed by atoms with E-state index in [9.17, 15) is 9.59 Å². The number of hydrogen-bond acceptors (Lipinski definition) is 4. The van der Waals surface area contributed by atoms with E-state index in [1.807, 2.05) is 16.8 Å². The Balaban J connectivity index is 1.34. The van der Waals surface area contributed by atoms with Crippen molar-refractivity contribution in [2.24, 2.45) is 5.92 Å². The number of hydrogen-bond donors (Lipinski definition) is 1. The molecule has 2 heterocycles. The second kappa shape index (κ2) is 8.62. The molecule has 0 radical (unpaired) electrons. The van der Waals surface area contributed by atoms with Crippen LogP contribution in [-0.4, -0.2) is 60.9 Å². The molecule has 0 bridgehead atoms. The Bertz CT molecular complexity index is 532. The van der Waals surface area contributed by atoms with Crippen LogP contribution in [0.25, 0.3) is 0 Å². The average Bonchev–Trinajstić information content (AvgIpc) is 3.17. The third kappa shape index (κ3) is 4.57. The van der Waals surface area contributed by atoms with Gasteiger partial charge in [-0.3, -0.25) is 14.5 Å². The number of thiophene rings is 1. The Hall–Kier alpha value is -1.40. The van der Waals surface area contributed by atoms with Gasteiger partial charge in [0, 0.05) is 56.1 Å². The maximum absolute atomic E-state index is 12.5. The quantitative estimate of drug-likeness (QED) is 0.887. The first-order chi connectivity index (χ1) is 11.7. The van der Waals surface area contributed by atoms with Gasteiger partial charge >= 0.3 is 0 Å². The van der Waals surface area contributed by atoms with Crippen molar-refractivity contribution in [3.8, 4) is 0 Å². The first-order valence-electron chi connectivity index (χ1n) is 9.05. The van der Waals surface area contributed by atoms with Crippen LogP contribution in [0.2, 0.25) is 0 Å². The predicted octanol–water partition coefficient (Wildman–Crippen LogP) is 2.20. The average molecular weight is 350 g/mol. The zero-order chi connectivity index (χ0) is 16.8. The third-order valence-electron chi connectivity index (χ3n) is 5.14. The van der Waals surface area contributed by atoms with E-state index in [2.05, 4.69) is 15.1 Å². The van der Waals surface area contributed by atoms with Gasteiger partial charge in [-0.25, -0.2) is 0 Å². The summed E-state index contributed by atoms with van der Waals surface area (Å²) in [6, 6.07) is 1.84. The van der Waals surface area contributed by atoms with Gasteiger partial charge in [0.2, 0.25) is 5.91 Å². The number of nitrogens with zero attached hydrogens (tertiary/aromatic N) is 2. The van der Waals surface area contributed by atoms with Crippen LogP contribution in [0.5, 0.6) is 0 Å². The summed E-state index contributed by atoms with van der Waals surface area (Å²) in [4.78, 5) is 28.8. The molecule has 0 unspecified atom stereocenters. The number of amides is 2. The van der Waals surface area contributed by atoms with E-state index in [1.165, 1.54) is 30.6 Å². The van der Waals surface area contributed by atoms with Gasteiger partial charge in [0.1, 0.15) is 0 Å². The molecule has 3 rings (SSSR count). The van der Waals surface area contributed by atoms with Gasteiger partial charge in [0.15, 0.2) is 0 Å². The topological polar surface area (TPSA) is 52.7 Å². The molecule has 0 spiro atoms. The second-order valence-electron chi connectivity index (χ2n) is 6.77. The summed E-state index contributed by atoms with van der Waals surface area (Å²) in [5, 5.41) is 6.74. The Labute approximate surface area is 148 Å². The molecule has 1 aromatic rings. The Kier molecular flexibility index (Phi) is 6.26. The van der Waals surface area contributed by atoms with Crippen molar-refractivity contribution in [3.63, 3.8) is 0 Å². The first kappa shape index (κ1) is 17.4. The number of carbonyl (C=O) groups excluding carboxylic acids is 2. The largest absolute Gasteiger partial charge is 0.351 e. The molecule has 2 amide bonds. The van der Waals surface area contributed by atoms with E-state index >= 15 is 0 Å². The maximum Gasteiger partial charge on any atom is 0.252 e. The van der Waals surface area contributed by atoms with Crippen molar-refractivity contribution < 1.29 is 9.59 Å². The van der Waals surface area contributed by atoms with E-state index in [0.717, 1.165) is 51.1 Å². The van der Waals surface area contributed by atoms with Crippen molar-refractivity contribution in [3.05, 3.63) is 22.4 Å². The van der Waals surface area contributed by atoms with Gasteiger partial charge in [0.25, 0.3) is 5.91 Å². The molecule has 1 saturated heterocycles. The molecule has 1 aliphatic heterocycles. The van der Waals surface area contributed by atoms with Gasteiger partial charge in [-0.15, -0.1) is 0 Å². The van der Waals surface area contributed by atoms with E-state index in [4.69, 9.17) is 0 Å². The smallest absolute Gasteiger partial charge is 0.252 e. The van der Waals surface area contributed by atoms with Gasteiger partial charge < -0.3 is 10.2 Å². The summed E-state index contributed by atoms with van der Waals surface area (Å²) in [6.45, 7) is 4.98. The lowest BCUT2D eigenvalue weighted by Crippen LogP contribution is -2.51. The zero-order valence-corrected chi connectivity index (χ0v) is 15.0. The van der Waals surface area contributed by atoms with Crippen LogP contribution in [-0.2, 0) is 4.79 Å². The van der Waals surface area contributed by atoms with E-state index in [0.29, 0.717) is 12.5 Å². The standard InChI is InChI=1S/C18H27N3O2S/c22-17(16-6-13-24-14-16)19-7-8-20-9-11-21(12-10-20)18(23)15-4-2-1-3-5-15/h6,13-15H,1-5,7-12H2,(H,19,22). The van der Waals surface area contributed by atoms with Crippen LogP contribution in [0, 0.1) is 5.92 Å². The van der Waals surface area contributed by atoms with Gasteiger partial charge in [-0.1, -0.05) is 19.3 Å². The molecular weight excluding hydrogens is 322 g/mol. The van der Waals surface area contributed by atoms with Crippen molar-refractivity contribution in [1.82, 2.24) is 15.1 Å². The zero-order valence-electron chi connectivity index (χ0n) is 14.2. The van der Waals surface area contributed by atoms with Crippen molar-refractivity contribution >= 4 is 23.2 Å². The summed E-state index contributed by atoms with van der Waals surface area (Å²) in [7, 11) is 0. The minimum atomic E-state index is 0.00219. The van der Waals surface area contributed by atoms with Crippen LogP contribution in [0.3, 0.4) is 0 Å². The van der Waals surface area contributed by atoms with Crippen LogP contribution < -0.4 is 5.32 Å². The maximum atomic E-state index is 12.5. The Morgan fingerprint density at radius 2 is 1.88 bits per heavy atom. The molecule has 0 aromatic carbocycles. The molecule has 1 N–H and O–H groups in total. The monoisotopic (exact) mass is 349 g/mol. The molecular formula is C18H27N3O2S. The number of rotatable bonds is 5. The Morgan fingerprint density at radius 1 is 1.12 bits per heavy atom. The summed E-state index contributed by atoms with van der Waals surface area (Å²) in [6.07, 6.45) is 5.86. The molecule has 2 aliphatic rings. The molecule has 24 heavy (non-hydrogen) atoms. The lowest BCUT2D eigenvalue weighted by molar-refractivity contribution is -0.138. The van der Waals surface area contributed by atoms with Crippen LogP contribution in [0.1, 0.15) is 42.5 Å². The van der Waals surface area contributed by atoms with Gasteiger partial charge in [-0.2, -0.15) is 11.3 Å². The number of nitrogens with one attached hydrogen (secondary N) is 1. The van der Waals surface area contributed by atoms with Crippen LogP contribution >= 0.6 is 11.3 Å². The highest BCUT2D eigenvalue weighted by Gasteiger charge is 2.28. The summed E-state index contributed by atoms with van der Waals surface area (Å²) < 4.78 is 0. The van der Waals surface area contributed by atoms with E-state index < -0.39 is 0 Å². The van der Waals surface area contributed by atoms with Crippen LogP contribution in [0.4, 0.5) is 0 Å². The second-order valence-corrected chi connectivity index (χ2v) is 7.55. The van der Waals surface area contributed by atoms with E-state index in [-0.39, 0.29) is 11.8 Å². The van der Waals surface area contributed by atoms with Crippen molar-refractivity contribution in [2.75, 3.05) is 39.3 Å². The van der Waals surface area contributed by atoms with Crippen LogP contribution in [0.15, 0.2) is 16.8 Å². The SMILES string of the molecule is O=C(NCCN1CCN(C(=O)C2CCCCC2)CC1)c1ccsc1. The van der Waals surface area contributed by atoms with E-state index in [1.54, 1.807) is 0 Å². The fourth-order valence-electron chi connectivity index (χ4n) is 3.62. The number of piperazine rings is 1. The fourth-order valence-corrected chi connectivity index (χ4v) is 4.26. The first-order valence-corrected chi connectivity index (χ1v) is 10.00. The lowest BCUT2D eigenvalue weighted by atomic mass is 9.88. The summed E-state index contributed by atoms with van der Waals surface area (Å²) >= 11 is 1.54. The molecule has 6 heteroatoms. The molecule has 1 aliphatic carbocycles. The minimum Gasteiger partial charge on any atom is -0.351 e. The molecule has 1 aromatic heterocycles. The highest BCUT2D eigenvalue weighted by molar-refractivity contribution is 7.08. The molecule has 0 atom stereocenters. The predicted molar refractivity (Wildman–Crippen MR) is 96.2 cm³/mol. The highest BCUT2D eigenvalue weighted by atomic mass is 32.1. The normalized spacial score (nSPS) is 20.1. The third-order valence-corrected chi connectivity index (χ3v) is 5.82. The number of carbonyl (C=O) groups is 2. The summed E-state index contributed by atoms with van der Waals surface area (Å²) in [5.74, 6) is 0.651. The van der Waals surface area contributed by atoms with Crippen molar-refractivity contribution in [1.29, 1.82) is 0 Å². The molecule has 5 nitrogen and oxygen atoms in total. The Morgan fingerprint density at radius 3 is 2.54 bits per heavy atom. The fraction of sp³-hybridized carbons (Fsp3) is 0.667. The molecule has 2 fully saturated rings. The van der Waals surface area contributed by atoms with Gasteiger partial charge in [-0.05, 0) is 24.3 Å². The molecule has 132 valence electrons. The molecule has 1 saturated carbocycles. The van der Waals surface area contributed by atoms with Gasteiger partial charge in [0.05, 0.1) is 0 Å². The minimum absolute atomic E-state index is 0.00219. The lowest BCUT2D eigenvalue weighted by Gasteiger charge is -2.37.